The lowest BCUT2D eigenvalue weighted by Gasteiger charge is -2.46. The summed E-state index contributed by atoms with van der Waals surface area (Å²) in [6, 6.07) is 5.40. The number of hydrogen-bond acceptors (Lipinski definition) is 5. The van der Waals surface area contributed by atoms with E-state index in [4.69, 9.17) is 0 Å². The van der Waals surface area contributed by atoms with Crippen molar-refractivity contribution in [2.24, 2.45) is 0 Å². The highest BCUT2D eigenvalue weighted by molar-refractivity contribution is 6.43. The summed E-state index contributed by atoms with van der Waals surface area (Å²) in [4.78, 5) is 39.3. The third kappa shape index (κ3) is 3.88. The first-order chi connectivity index (χ1) is 16.6. The number of alkyl halides is 2. The fourth-order valence-corrected chi connectivity index (χ4v) is 5.05. The summed E-state index contributed by atoms with van der Waals surface area (Å²) >= 11 is 0. The van der Waals surface area contributed by atoms with E-state index < -0.39 is 47.7 Å². The zero-order valence-electron chi connectivity index (χ0n) is 18.6. The van der Waals surface area contributed by atoms with E-state index in [9.17, 15) is 27.6 Å². The van der Waals surface area contributed by atoms with Crippen molar-refractivity contribution in [3.05, 3.63) is 64.5 Å². The Kier molecular flexibility index (Phi) is 5.26. The molecule has 182 valence electrons. The highest BCUT2D eigenvalue weighted by Crippen LogP contribution is 2.51. The number of carbonyl (C=O) groups excluding carboxylic acids is 3. The summed E-state index contributed by atoms with van der Waals surface area (Å²) in [5.41, 5.74) is -0.00713. The Bertz CT molecular complexity index is 1340. The van der Waals surface area contributed by atoms with Gasteiger partial charge in [0.2, 0.25) is 0 Å². The molecule has 9 nitrogen and oxygen atoms in total. The fraction of sp³-hybridized carbons (Fsp3) is 0.348. The summed E-state index contributed by atoms with van der Waals surface area (Å²) in [5.74, 6) is -6.07. The minimum Gasteiger partial charge on any atom is -0.341 e. The molecule has 1 fully saturated rings. The van der Waals surface area contributed by atoms with E-state index in [0.717, 1.165) is 0 Å². The van der Waals surface area contributed by atoms with Crippen LogP contribution in [0.4, 0.5) is 18.9 Å². The van der Waals surface area contributed by atoms with E-state index in [1.807, 2.05) is 0 Å². The molecule has 2 aromatic heterocycles. The predicted molar refractivity (Wildman–Crippen MR) is 117 cm³/mol. The topological polar surface area (TPSA) is 122 Å². The number of rotatable bonds is 6. The quantitative estimate of drug-likeness (QED) is 0.365. The van der Waals surface area contributed by atoms with E-state index in [0.29, 0.717) is 30.6 Å². The molecule has 0 bridgehead atoms. The van der Waals surface area contributed by atoms with Gasteiger partial charge >= 0.3 is 0 Å². The summed E-state index contributed by atoms with van der Waals surface area (Å²) in [6.45, 7) is 1.97. The number of halogens is 3. The van der Waals surface area contributed by atoms with Gasteiger partial charge in [0.25, 0.3) is 23.5 Å². The van der Waals surface area contributed by atoms with Gasteiger partial charge in [-0.15, -0.1) is 0 Å². The minimum absolute atomic E-state index is 0.0285. The van der Waals surface area contributed by atoms with Gasteiger partial charge in [-0.25, -0.2) is 13.2 Å². The molecule has 0 atom stereocenters. The van der Waals surface area contributed by atoms with Crippen LogP contribution in [-0.2, 0) is 23.3 Å². The molecule has 1 saturated carbocycles. The van der Waals surface area contributed by atoms with Gasteiger partial charge in [-0.05, 0) is 43.5 Å². The highest BCUT2D eigenvalue weighted by Gasteiger charge is 2.60. The molecule has 0 saturated heterocycles. The van der Waals surface area contributed by atoms with Gasteiger partial charge in [-0.2, -0.15) is 15.4 Å². The molecule has 2 aliphatic rings. The third-order valence-corrected chi connectivity index (χ3v) is 6.52. The zero-order chi connectivity index (χ0) is 25.0. The van der Waals surface area contributed by atoms with E-state index >= 15 is 0 Å². The van der Waals surface area contributed by atoms with Gasteiger partial charge in [0.05, 0.1) is 23.0 Å². The molecule has 1 aliphatic carbocycles. The Hall–Kier alpha value is -3.96. The molecule has 1 aliphatic heterocycles. The van der Waals surface area contributed by atoms with Crippen LogP contribution < -0.4 is 10.6 Å². The second-order valence-corrected chi connectivity index (χ2v) is 8.95. The number of Topliss-reactive ketones (excluding diaryl/α,β-unsaturated/α-hetero) is 1. The number of amides is 2. The van der Waals surface area contributed by atoms with E-state index in [1.54, 1.807) is 11.5 Å². The average Bonchev–Trinajstić information content (AvgIpc) is 3.49. The van der Waals surface area contributed by atoms with Crippen LogP contribution in [0.15, 0.2) is 30.5 Å². The first-order valence-electron chi connectivity index (χ1n) is 11.0. The van der Waals surface area contributed by atoms with E-state index in [2.05, 4.69) is 26.0 Å². The van der Waals surface area contributed by atoms with Crippen molar-refractivity contribution in [1.29, 1.82) is 0 Å². The van der Waals surface area contributed by atoms with Crippen LogP contribution in [0.3, 0.4) is 0 Å². The van der Waals surface area contributed by atoms with Crippen LogP contribution in [0.25, 0.3) is 0 Å². The lowest BCUT2D eigenvalue weighted by Crippen LogP contribution is -2.61. The molecule has 0 radical (unpaired) electrons. The molecule has 2 amide bonds. The van der Waals surface area contributed by atoms with Crippen molar-refractivity contribution < 1.29 is 27.6 Å². The molecule has 0 spiro atoms. The van der Waals surface area contributed by atoms with E-state index in [-0.39, 0.29) is 22.6 Å². The standard InChI is InChI=1S/C23H21F3N6O3/c1-12-17(20(34)28-14-5-2-4-13(24)8-14)15-6-3-7-32(15)18(12)19(33)21(35)29-22(10-23(25,26)11-22)16-9-27-31-30-16/h2,4-5,8-9H,3,6-7,10-11H2,1H3,(H,28,34)(H,29,35)(H,27,30,31). The Labute approximate surface area is 197 Å². The Balaban J connectivity index is 1.44. The number of aromatic nitrogens is 4. The number of ketones is 1. The Morgan fingerprint density at radius 3 is 2.63 bits per heavy atom. The van der Waals surface area contributed by atoms with Crippen molar-refractivity contribution in [1.82, 2.24) is 25.3 Å². The third-order valence-electron chi connectivity index (χ3n) is 6.52. The van der Waals surface area contributed by atoms with Gasteiger partial charge in [0.15, 0.2) is 0 Å². The van der Waals surface area contributed by atoms with Crippen molar-refractivity contribution in [3.8, 4) is 0 Å². The molecule has 0 unspecified atom stereocenters. The Morgan fingerprint density at radius 2 is 1.97 bits per heavy atom. The number of fused-ring (bicyclic) bond motifs is 1. The summed E-state index contributed by atoms with van der Waals surface area (Å²) in [5, 5.41) is 14.9. The van der Waals surface area contributed by atoms with Gasteiger partial charge in [0.1, 0.15) is 11.5 Å². The molecule has 5 rings (SSSR count). The van der Waals surface area contributed by atoms with Crippen molar-refractivity contribution >= 4 is 23.3 Å². The number of carbonyl (C=O) groups is 3. The lowest BCUT2D eigenvalue weighted by molar-refractivity contribution is -0.148. The predicted octanol–water partition coefficient (Wildman–Crippen LogP) is 2.88. The first-order valence-corrected chi connectivity index (χ1v) is 11.0. The summed E-state index contributed by atoms with van der Waals surface area (Å²) in [6.07, 6.45) is 0.981. The summed E-state index contributed by atoms with van der Waals surface area (Å²) < 4.78 is 42.7. The average molecular weight is 486 g/mol. The number of H-pyrrole nitrogens is 1. The fourth-order valence-electron chi connectivity index (χ4n) is 5.05. The highest BCUT2D eigenvalue weighted by atomic mass is 19.3. The van der Waals surface area contributed by atoms with Crippen LogP contribution >= 0.6 is 0 Å². The smallest absolute Gasteiger partial charge is 0.294 e. The van der Waals surface area contributed by atoms with Gasteiger partial charge in [-0.3, -0.25) is 14.4 Å². The maximum Gasteiger partial charge on any atom is 0.294 e. The first kappa shape index (κ1) is 22.8. The number of benzene rings is 1. The number of nitrogens with zero attached hydrogens (tertiary/aromatic N) is 3. The molecular weight excluding hydrogens is 465 g/mol. The molecule has 3 aromatic rings. The molecular formula is C23H21F3N6O3. The second kappa shape index (κ2) is 8.07. The molecule has 35 heavy (non-hydrogen) atoms. The monoisotopic (exact) mass is 486 g/mol. The maximum absolute atomic E-state index is 13.8. The second-order valence-electron chi connectivity index (χ2n) is 8.95. The van der Waals surface area contributed by atoms with Crippen LogP contribution in [0.1, 0.15) is 57.1 Å². The minimum atomic E-state index is -3.01. The van der Waals surface area contributed by atoms with Crippen molar-refractivity contribution in [2.75, 3.05) is 5.32 Å². The maximum atomic E-state index is 13.8. The molecule has 3 heterocycles. The summed E-state index contributed by atoms with van der Waals surface area (Å²) in [7, 11) is 0. The van der Waals surface area contributed by atoms with Crippen LogP contribution in [0.5, 0.6) is 0 Å². The Morgan fingerprint density at radius 1 is 1.20 bits per heavy atom. The number of aromatic amines is 1. The van der Waals surface area contributed by atoms with Crippen molar-refractivity contribution in [2.45, 2.75) is 50.6 Å². The largest absolute Gasteiger partial charge is 0.341 e. The van der Waals surface area contributed by atoms with Gasteiger partial charge in [0, 0.05) is 30.8 Å². The molecule has 12 heteroatoms. The zero-order valence-corrected chi connectivity index (χ0v) is 18.6. The molecule has 1 aromatic carbocycles. The number of anilines is 1. The SMILES string of the molecule is Cc1c(C(=O)Nc2cccc(F)c2)c2n(c1C(=O)C(=O)NC1(c3cn[nH]n3)CC(F)(F)C1)CCC2. The number of nitrogens with one attached hydrogen (secondary N) is 3. The van der Waals surface area contributed by atoms with Gasteiger partial charge in [-0.1, -0.05) is 6.07 Å². The molecule has 3 N–H and O–H groups in total. The van der Waals surface area contributed by atoms with Crippen LogP contribution in [0, 0.1) is 12.7 Å². The lowest BCUT2D eigenvalue weighted by atomic mass is 9.71. The van der Waals surface area contributed by atoms with Crippen LogP contribution in [0.2, 0.25) is 0 Å². The van der Waals surface area contributed by atoms with Gasteiger partial charge < -0.3 is 15.2 Å². The number of hydrogen-bond donors (Lipinski definition) is 3. The van der Waals surface area contributed by atoms with E-state index in [1.165, 1.54) is 30.5 Å². The normalized spacial score (nSPS) is 17.4. The van der Waals surface area contributed by atoms with Crippen LogP contribution in [-0.4, -0.2) is 43.5 Å². The van der Waals surface area contributed by atoms with Crippen molar-refractivity contribution in [3.63, 3.8) is 0 Å².